The summed E-state index contributed by atoms with van der Waals surface area (Å²) in [5.41, 5.74) is 3.83. The first-order chi connectivity index (χ1) is 7.22. The number of benzene rings is 1. The monoisotopic (exact) mass is 204 g/mol. The van der Waals surface area contributed by atoms with Crippen molar-refractivity contribution in [1.82, 2.24) is 9.99 Å². The highest BCUT2D eigenvalue weighted by atomic mass is 16.2. The van der Waals surface area contributed by atoms with Gasteiger partial charge in [0.05, 0.1) is 5.69 Å². The molecule has 0 saturated heterocycles. The number of nitrogens with one attached hydrogen (secondary N) is 2. The van der Waals surface area contributed by atoms with Crippen molar-refractivity contribution in [2.75, 3.05) is 5.32 Å². The predicted molar refractivity (Wildman–Crippen MR) is 59.3 cm³/mol. The number of rotatable bonds is 1. The minimum atomic E-state index is -0.425. The molecule has 4 N–H and O–H groups in total. The standard InChI is InChI=1S/C10H12N4O/c1-14-6-8(12-10(15)13-11)7-4-2-3-5-9(7)14/h2-6H,11H2,1H3,(H2,12,13,15). The van der Waals surface area contributed by atoms with E-state index in [-0.39, 0.29) is 0 Å². The molecule has 2 amide bonds. The number of nitrogens with zero attached hydrogens (tertiary/aromatic N) is 1. The van der Waals surface area contributed by atoms with E-state index in [0.29, 0.717) is 0 Å². The molecule has 0 unspecified atom stereocenters. The van der Waals surface area contributed by atoms with Gasteiger partial charge in [0.1, 0.15) is 0 Å². The summed E-state index contributed by atoms with van der Waals surface area (Å²) in [6.07, 6.45) is 1.85. The van der Waals surface area contributed by atoms with Crippen LogP contribution in [0.4, 0.5) is 10.5 Å². The van der Waals surface area contributed by atoms with Gasteiger partial charge in [-0.25, -0.2) is 10.6 Å². The Labute approximate surface area is 86.8 Å². The van der Waals surface area contributed by atoms with Gasteiger partial charge in [-0.15, -0.1) is 0 Å². The summed E-state index contributed by atoms with van der Waals surface area (Å²) in [4.78, 5) is 11.1. The molecular formula is C10H12N4O. The van der Waals surface area contributed by atoms with Crippen LogP contribution in [0.25, 0.3) is 10.9 Å². The summed E-state index contributed by atoms with van der Waals surface area (Å²) in [5.74, 6) is 5.00. The molecule has 1 heterocycles. The maximum Gasteiger partial charge on any atom is 0.333 e. The summed E-state index contributed by atoms with van der Waals surface area (Å²) >= 11 is 0. The minimum absolute atomic E-state index is 0.425. The normalized spacial score (nSPS) is 10.3. The van der Waals surface area contributed by atoms with Crippen molar-refractivity contribution in [3.05, 3.63) is 30.5 Å². The Morgan fingerprint density at radius 1 is 1.40 bits per heavy atom. The van der Waals surface area contributed by atoms with Gasteiger partial charge in [0, 0.05) is 24.1 Å². The van der Waals surface area contributed by atoms with E-state index in [2.05, 4.69) is 5.32 Å². The number of carbonyl (C=O) groups excluding carboxylic acids is 1. The van der Waals surface area contributed by atoms with E-state index in [1.165, 1.54) is 0 Å². The lowest BCUT2D eigenvalue weighted by Gasteiger charge is -2.01. The Morgan fingerprint density at radius 2 is 2.13 bits per heavy atom. The molecule has 0 radical (unpaired) electrons. The Hall–Kier alpha value is -2.01. The summed E-state index contributed by atoms with van der Waals surface area (Å²) in [7, 11) is 1.92. The van der Waals surface area contributed by atoms with Crippen LogP contribution in [0, 0.1) is 0 Å². The summed E-state index contributed by atoms with van der Waals surface area (Å²) in [6.45, 7) is 0. The molecule has 2 rings (SSSR count). The van der Waals surface area contributed by atoms with Gasteiger partial charge >= 0.3 is 6.03 Å². The highest BCUT2D eigenvalue weighted by Crippen LogP contribution is 2.24. The zero-order valence-electron chi connectivity index (χ0n) is 8.32. The van der Waals surface area contributed by atoms with Crippen molar-refractivity contribution < 1.29 is 4.79 Å². The van der Waals surface area contributed by atoms with E-state index in [1.54, 1.807) is 0 Å². The van der Waals surface area contributed by atoms with Crippen LogP contribution >= 0.6 is 0 Å². The first-order valence-corrected chi connectivity index (χ1v) is 4.54. The van der Waals surface area contributed by atoms with Crippen LogP contribution in [0.5, 0.6) is 0 Å². The third-order valence-corrected chi connectivity index (χ3v) is 2.28. The lowest BCUT2D eigenvalue weighted by molar-refractivity contribution is 0.252. The molecule has 1 aromatic carbocycles. The molecule has 0 aliphatic rings. The predicted octanol–water partition coefficient (Wildman–Crippen LogP) is 1.17. The number of para-hydroxylation sites is 1. The fourth-order valence-electron chi connectivity index (χ4n) is 1.60. The Bertz CT molecular complexity index is 503. The average molecular weight is 204 g/mol. The molecular weight excluding hydrogens is 192 g/mol. The second-order valence-electron chi connectivity index (χ2n) is 3.27. The molecule has 0 atom stereocenters. The van der Waals surface area contributed by atoms with E-state index in [4.69, 9.17) is 5.84 Å². The van der Waals surface area contributed by atoms with Crippen molar-refractivity contribution in [3.8, 4) is 0 Å². The van der Waals surface area contributed by atoms with Crippen molar-refractivity contribution in [2.24, 2.45) is 12.9 Å². The van der Waals surface area contributed by atoms with Gasteiger partial charge in [-0.05, 0) is 6.07 Å². The average Bonchev–Trinajstić information content (AvgIpc) is 2.57. The number of hydrazine groups is 1. The molecule has 1 aromatic heterocycles. The van der Waals surface area contributed by atoms with E-state index in [0.717, 1.165) is 16.6 Å². The van der Waals surface area contributed by atoms with Gasteiger partial charge in [-0.1, -0.05) is 18.2 Å². The number of urea groups is 1. The van der Waals surface area contributed by atoms with E-state index >= 15 is 0 Å². The molecule has 78 valence electrons. The SMILES string of the molecule is Cn1cc(NC(=O)NN)c2ccccc21. The topological polar surface area (TPSA) is 72.1 Å². The third-order valence-electron chi connectivity index (χ3n) is 2.28. The number of anilines is 1. The van der Waals surface area contributed by atoms with Crippen LogP contribution in [0.3, 0.4) is 0 Å². The smallest absolute Gasteiger partial charge is 0.333 e. The van der Waals surface area contributed by atoms with Crippen LogP contribution < -0.4 is 16.6 Å². The molecule has 15 heavy (non-hydrogen) atoms. The first kappa shape index (κ1) is 9.54. The fourth-order valence-corrected chi connectivity index (χ4v) is 1.60. The second kappa shape index (κ2) is 3.62. The summed E-state index contributed by atoms with van der Waals surface area (Å²) in [6, 6.07) is 7.39. The summed E-state index contributed by atoms with van der Waals surface area (Å²) < 4.78 is 1.95. The third kappa shape index (κ3) is 1.64. The zero-order chi connectivity index (χ0) is 10.8. The lowest BCUT2D eigenvalue weighted by Crippen LogP contribution is -2.34. The first-order valence-electron chi connectivity index (χ1n) is 4.54. The Balaban J connectivity index is 2.48. The number of nitrogens with two attached hydrogens (primary N) is 1. The van der Waals surface area contributed by atoms with Gasteiger partial charge < -0.3 is 9.88 Å². The highest BCUT2D eigenvalue weighted by molar-refractivity contribution is 6.01. The molecule has 2 aromatic rings. The van der Waals surface area contributed by atoms with Crippen LogP contribution in [0.15, 0.2) is 30.5 Å². The van der Waals surface area contributed by atoms with Gasteiger partial charge in [-0.3, -0.25) is 5.43 Å². The zero-order valence-corrected chi connectivity index (χ0v) is 8.32. The molecule has 0 bridgehead atoms. The van der Waals surface area contributed by atoms with Crippen LogP contribution in [0.2, 0.25) is 0 Å². The van der Waals surface area contributed by atoms with Crippen molar-refractivity contribution in [2.45, 2.75) is 0 Å². The molecule has 0 aliphatic carbocycles. The molecule has 0 aliphatic heterocycles. The largest absolute Gasteiger partial charge is 0.348 e. The maximum atomic E-state index is 11.1. The second-order valence-corrected chi connectivity index (χ2v) is 3.27. The van der Waals surface area contributed by atoms with Crippen LogP contribution in [0.1, 0.15) is 0 Å². The van der Waals surface area contributed by atoms with Gasteiger partial charge in [0.25, 0.3) is 0 Å². The number of carbonyl (C=O) groups is 1. The van der Waals surface area contributed by atoms with Crippen molar-refractivity contribution in [3.63, 3.8) is 0 Å². The van der Waals surface area contributed by atoms with E-state index in [1.807, 2.05) is 47.5 Å². The molecule has 5 nitrogen and oxygen atoms in total. The van der Waals surface area contributed by atoms with Crippen molar-refractivity contribution >= 4 is 22.6 Å². The number of aromatic nitrogens is 1. The van der Waals surface area contributed by atoms with Gasteiger partial charge in [0.15, 0.2) is 0 Å². The molecule has 5 heteroatoms. The number of fused-ring (bicyclic) bond motifs is 1. The Kier molecular flexibility index (Phi) is 2.31. The number of hydrogen-bond donors (Lipinski definition) is 3. The number of aryl methyl sites for hydroxylation is 1. The van der Waals surface area contributed by atoms with Crippen LogP contribution in [-0.4, -0.2) is 10.6 Å². The number of hydrogen-bond acceptors (Lipinski definition) is 2. The van der Waals surface area contributed by atoms with Crippen molar-refractivity contribution in [1.29, 1.82) is 0 Å². The quantitative estimate of drug-likeness (QED) is 0.370. The summed E-state index contributed by atoms with van der Waals surface area (Å²) in [5, 5.41) is 3.65. The highest BCUT2D eigenvalue weighted by Gasteiger charge is 2.07. The fraction of sp³-hybridized carbons (Fsp3) is 0.100. The maximum absolute atomic E-state index is 11.1. The molecule has 0 saturated carbocycles. The number of amides is 2. The lowest BCUT2D eigenvalue weighted by atomic mass is 10.2. The van der Waals surface area contributed by atoms with Gasteiger partial charge in [-0.2, -0.15) is 0 Å². The molecule has 0 fully saturated rings. The van der Waals surface area contributed by atoms with E-state index < -0.39 is 6.03 Å². The van der Waals surface area contributed by atoms with Crippen LogP contribution in [-0.2, 0) is 7.05 Å². The van der Waals surface area contributed by atoms with Gasteiger partial charge in [0.2, 0.25) is 0 Å². The molecule has 0 spiro atoms. The minimum Gasteiger partial charge on any atom is -0.348 e. The van der Waals surface area contributed by atoms with E-state index in [9.17, 15) is 4.79 Å². The Morgan fingerprint density at radius 3 is 2.87 bits per heavy atom.